The maximum absolute atomic E-state index is 12.3. The van der Waals surface area contributed by atoms with E-state index in [1.165, 1.54) is 44.9 Å². The van der Waals surface area contributed by atoms with Crippen molar-refractivity contribution in [2.45, 2.75) is 90.8 Å². The van der Waals surface area contributed by atoms with Gasteiger partial charge in [0.25, 0.3) is 0 Å². The molecule has 0 fully saturated rings. The third-order valence-corrected chi connectivity index (χ3v) is 5.39. The Labute approximate surface area is 182 Å². The van der Waals surface area contributed by atoms with Gasteiger partial charge in [0, 0.05) is 12.0 Å². The summed E-state index contributed by atoms with van der Waals surface area (Å²) in [6.07, 6.45) is 11.4. The van der Waals surface area contributed by atoms with Crippen LogP contribution < -0.4 is 4.74 Å². The highest BCUT2D eigenvalue weighted by Gasteiger charge is 2.16. The van der Waals surface area contributed by atoms with E-state index < -0.39 is 0 Å². The Balaban J connectivity index is 1.68. The molecule has 2 rings (SSSR count). The number of rotatable bonds is 15. The number of hydrogen-bond donors (Lipinski definition) is 0. The van der Waals surface area contributed by atoms with Crippen molar-refractivity contribution in [3.63, 3.8) is 0 Å². The molecule has 0 heterocycles. The molecular weight excluding hydrogens is 372 g/mol. The first-order valence-electron chi connectivity index (χ1n) is 11.7. The fraction of sp³-hybridized carbons (Fsp3) is 0.519. The Bertz CT molecular complexity index is 711. The molecule has 2 aromatic rings. The average molecular weight is 411 g/mol. The molecule has 0 aliphatic heterocycles. The largest absolute Gasteiger partial charge is 0.488 e. The Morgan fingerprint density at radius 1 is 0.800 bits per heavy atom. The maximum Gasteiger partial charge on any atom is 0.306 e. The molecule has 1 unspecified atom stereocenters. The zero-order chi connectivity index (χ0) is 21.4. The predicted molar refractivity (Wildman–Crippen MR) is 124 cm³/mol. The lowest BCUT2D eigenvalue weighted by Crippen LogP contribution is -2.10. The van der Waals surface area contributed by atoms with Gasteiger partial charge in [-0.25, -0.2) is 0 Å². The second-order valence-corrected chi connectivity index (χ2v) is 8.02. The van der Waals surface area contributed by atoms with Gasteiger partial charge in [-0.2, -0.15) is 0 Å². The quantitative estimate of drug-likeness (QED) is 0.222. The Hall–Kier alpha value is -2.29. The molecule has 164 valence electrons. The SMILES string of the molecule is CCCCCCCCCCCC(=O)OC(C)c1ccccc1OCc1ccccc1. The van der Waals surface area contributed by atoms with E-state index in [1.54, 1.807) is 0 Å². The van der Waals surface area contributed by atoms with Crippen LogP contribution in [0.1, 0.15) is 95.3 Å². The highest BCUT2D eigenvalue weighted by Crippen LogP contribution is 2.28. The molecule has 0 bridgehead atoms. The Kier molecular flexibility index (Phi) is 11.7. The summed E-state index contributed by atoms with van der Waals surface area (Å²) in [5, 5.41) is 0. The van der Waals surface area contributed by atoms with Crippen LogP contribution in [-0.4, -0.2) is 5.97 Å². The molecule has 2 aromatic carbocycles. The van der Waals surface area contributed by atoms with Gasteiger partial charge in [-0.05, 0) is 25.0 Å². The minimum absolute atomic E-state index is 0.122. The fourth-order valence-electron chi connectivity index (χ4n) is 3.58. The smallest absolute Gasteiger partial charge is 0.306 e. The number of esters is 1. The summed E-state index contributed by atoms with van der Waals surface area (Å²) in [5.74, 6) is 0.646. The van der Waals surface area contributed by atoms with Crippen LogP contribution in [0.25, 0.3) is 0 Å². The highest BCUT2D eigenvalue weighted by molar-refractivity contribution is 5.69. The molecule has 0 radical (unpaired) electrons. The van der Waals surface area contributed by atoms with Gasteiger partial charge in [-0.1, -0.05) is 107 Å². The molecule has 0 N–H and O–H groups in total. The highest BCUT2D eigenvalue weighted by atomic mass is 16.5. The molecule has 0 spiro atoms. The molecule has 0 aliphatic rings. The first kappa shape index (κ1) is 24.0. The third kappa shape index (κ3) is 9.47. The van der Waals surface area contributed by atoms with Gasteiger partial charge in [0.1, 0.15) is 18.5 Å². The number of para-hydroxylation sites is 1. The zero-order valence-electron chi connectivity index (χ0n) is 18.8. The molecule has 1 atom stereocenters. The molecule has 0 amide bonds. The Morgan fingerprint density at radius 3 is 2.10 bits per heavy atom. The molecule has 0 aliphatic carbocycles. The van der Waals surface area contributed by atoms with Gasteiger partial charge in [-0.15, -0.1) is 0 Å². The van der Waals surface area contributed by atoms with Gasteiger partial charge in [0.15, 0.2) is 0 Å². The van der Waals surface area contributed by atoms with Crippen molar-refractivity contribution in [3.05, 3.63) is 65.7 Å². The summed E-state index contributed by atoms with van der Waals surface area (Å²) in [6, 6.07) is 17.9. The average Bonchev–Trinajstić information content (AvgIpc) is 2.77. The number of unbranched alkanes of at least 4 members (excludes halogenated alkanes) is 8. The predicted octanol–water partition coefficient (Wildman–Crippen LogP) is 7.79. The van der Waals surface area contributed by atoms with E-state index in [4.69, 9.17) is 9.47 Å². The van der Waals surface area contributed by atoms with Crippen LogP contribution >= 0.6 is 0 Å². The standard InChI is InChI=1S/C27H38O3/c1-3-4-5-6-7-8-9-10-14-21-27(28)30-23(2)25-19-15-16-20-26(25)29-22-24-17-12-11-13-18-24/h11-13,15-20,23H,3-10,14,21-22H2,1-2H3. The first-order chi connectivity index (χ1) is 14.7. The second kappa shape index (κ2) is 14.7. The van der Waals surface area contributed by atoms with Crippen molar-refractivity contribution in [1.29, 1.82) is 0 Å². The van der Waals surface area contributed by atoms with Crippen molar-refractivity contribution < 1.29 is 14.3 Å². The van der Waals surface area contributed by atoms with E-state index in [1.807, 2.05) is 61.5 Å². The van der Waals surface area contributed by atoms with Crippen LogP contribution in [0.5, 0.6) is 5.75 Å². The van der Waals surface area contributed by atoms with Gasteiger partial charge in [-0.3, -0.25) is 4.79 Å². The first-order valence-corrected chi connectivity index (χ1v) is 11.7. The van der Waals surface area contributed by atoms with Crippen molar-refractivity contribution in [3.8, 4) is 5.75 Å². The van der Waals surface area contributed by atoms with E-state index in [-0.39, 0.29) is 12.1 Å². The topological polar surface area (TPSA) is 35.5 Å². The summed E-state index contributed by atoms with van der Waals surface area (Å²) < 4.78 is 11.7. The number of carbonyl (C=O) groups is 1. The molecule has 0 aromatic heterocycles. The van der Waals surface area contributed by atoms with Crippen molar-refractivity contribution in [2.24, 2.45) is 0 Å². The minimum Gasteiger partial charge on any atom is -0.488 e. The number of hydrogen-bond acceptors (Lipinski definition) is 3. The van der Waals surface area contributed by atoms with Crippen LogP contribution in [0, 0.1) is 0 Å². The second-order valence-electron chi connectivity index (χ2n) is 8.02. The van der Waals surface area contributed by atoms with Gasteiger partial charge in [0.2, 0.25) is 0 Å². The summed E-state index contributed by atoms with van der Waals surface area (Å²) in [7, 11) is 0. The van der Waals surface area contributed by atoms with Crippen LogP contribution in [0.4, 0.5) is 0 Å². The monoisotopic (exact) mass is 410 g/mol. The Morgan fingerprint density at radius 2 is 1.40 bits per heavy atom. The lowest BCUT2D eigenvalue weighted by Gasteiger charge is -2.18. The van der Waals surface area contributed by atoms with E-state index in [0.717, 1.165) is 29.7 Å². The molecule has 3 heteroatoms. The molecule has 0 saturated carbocycles. The lowest BCUT2D eigenvalue weighted by molar-refractivity contribution is -0.148. The minimum atomic E-state index is -0.317. The van der Waals surface area contributed by atoms with Crippen LogP contribution in [0.2, 0.25) is 0 Å². The fourth-order valence-corrected chi connectivity index (χ4v) is 3.58. The molecule has 0 saturated heterocycles. The van der Waals surface area contributed by atoms with E-state index >= 15 is 0 Å². The lowest BCUT2D eigenvalue weighted by atomic mass is 10.1. The summed E-state index contributed by atoms with van der Waals surface area (Å²) >= 11 is 0. The van der Waals surface area contributed by atoms with Crippen molar-refractivity contribution >= 4 is 5.97 Å². The molecule has 3 nitrogen and oxygen atoms in total. The molecule has 30 heavy (non-hydrogen) atoms. The summed E-state index contributed by atoms with van der Waals surface area (Å²) in [6.45, 7) is 4.66. The normalized spacial score (nSPS) is 11.8. The van der Waals surface area contributed by atoms with Crippen molar-refractivity contribution in [1.82, 2.24) is 0 Å². The summed E-state index contributed by atoms with van der Waals surface area (Å²) in [5.41, 5.74) is 2.02. The zero-order valence-corrected chi connectivity index (χ0v) is 18.8. The van der Waals surface area contributed by atoms with Gasteiger partial charge >= 0.3 is 5.97 Å². The number of benzene rings is 2. The van der Waals surface area contributed by atoms with Gasteiger partial charge in [0.05, 0.1) is 0 Å². The number of ether oxygens (including phenoxy) is 2. The van der Waals surface area contributed by atoms with Crippen LogP contribution in [-0.2, 0) is 16.1 Å². The van der Waals surface area contributed by atoms with Crippen LogP contribution in [0.3, 0.4) is 0 Å². The third-order valence-electron chi connectivity index (χ3n) is 5.39. The van der Waals surface area contributed by atoms with Gasteiger partial charge < -0.3 is 9.47 Å². The summed E-state index contributed by atoms with van der Waals surface area (Å²) in [4.78, 5) is 12.3. The van der Waals surface area contributed by atoms with E-state index in [9.17, 15) is 4.79 Å². The number of carbonyl (C=O) groups excluding carboxylic acids is 1. The van der Waals surface area contributed by atoms with Crippen molar-refractivity contribution in [2.75, 3.05) is 0 Å². The van der Waals surface area contributed by atoms with Crippen LogP contribution in [0.15, 0.2) is 54.6 Å². The molecular formula is C27H38O3. The maximum atomic E-state index is 12.3. The van der Waals surface area contributed by atoms with E-state index in [0.29, 0.717) is 13.0 Å². The van der Waals surface area contributed by atoms with E-state index in [2.05, 4.69) is 6.92 Å².